The lowest BCUT2D eigenvalue weighted by Crippen LogP contribution is -2.55. The molecule has 0 aromatic carbocycles. The molecule has 134 valence electrons. The second kappa shape index (κ2) is 6.72. The molecule has 0 unspecified atom stereocenters. The molecule has 2 aromatic heterocycles. The molecular weight excluding hydrogens is 326 g/mol. The highest BCUT2D eigenvalue weighted by Gasteiger charge is 2.33. The molecule has 2 aromatic rings. The molecule has 1 aliphatic rings. The monoisotopic (exact) mass is 347 g/mol. The van der Waals surface area contributed by atoms with E-state index in [4.69, 9.17) is 8.94 Å². The van der Waals surface area contributed by atoms with Crippen molar-refractivity contribution in [3.05, 3.63) is 40.7 Å². The van der Waals surface area contributed by atoms with Gasteiger partial charge in [-0.3, -0.25) is 9.59 Å². The second-order valence-electron chi connectivity index (χ2n) is 6.34. The minimum absolute atomic E-state index is 0.144. The number of amides is 2. The molecule has 2 atom stereocenters. The molecule has 0 aliphatic carbocycles. The zero-order valence-electron chi connectivity index (χ0n) is 14.4. The van der Waals surface area contributed by atoms with Crippen molar-refractivity contribution in [1.82, 2.24) is 15.4 Å². The molecule has 1 fully saturated rings. The molecule has 2 N–H and O–H groups in total. The number of nitrogens with zero attached hydrogens (tertiary/aromatic N) is 2. The smallest absolute Gasteiger partial charge is 0.273 e. The summed E-state index contributed by atoms with van der Waals surface area (Å²) in [6, 6.07) is 2.79. The number of carbonyl (C=O) groups is 2. The topological polar surface area (TPSA) is 109 Å². The van der Waals surface area contributed by atoms with Crippen LogP contribution in [0.5, 0.6) is 0 Å². The maximum atomic E-state index is 12.6. The van der Waals surface area contributed by atoms with Crippen LogP contribution in [0.2, 0.25) is 0 Å². The summed E-state index contributed by atoms with van der Waals surface area (Å²) in [7, 11) is 0. The number of aromatic nitrogens is 1. The third-order valence-electron chi connectivity index (χ3n) is 4.32. The van der Waals surface area contributed by atoms with Crippen LogP contribution >= 0.6 is 0 Å². The van der Waals surface area contributed by atoms with Crippen molar-refractivity contribution in [3.8, 4) is 0 Å². The van der Waals surface area contributed by atoms with Gasteiger partial charge in [-0.25, -0.2) is 0 Å². The number of hydrogen-bond donors (Lipinski definition) is 2. The minimum Gasteiger partial charge on any atom is -0.466 e. The van der Waals surface area contributed by atoms with Crippen molar-refractivity contribution in [1.29, 1.82) is 0 Å². The maximum absolute atomic E-state index is 12.6. The quantitative estimate of drug-likeness (QED) is 0.863. The Labute approximate surface area is 144 Å². The summed E-state index contributed by atoms with van der Waals surface area (Å²) in [6.07, 6.45) is -0.409. The number of β-amino-alcohol motifs (C(OH)–C–C–N with tert-alkyl or cyclic N) is 1. The van der Waals surface area contributed by atoms with E-state index in [1.54, 1.807) is 31.7 Å². The van der Waals surface area contributed by atoms with Gasteiger partial charge < -0.3 is 24.3 Å². The van der Waals surface area contributed by atoms with E-state index >= 15 is 0 Å². The van der Waals surface area contributed by atoms with Crippen molar-refractivity contribution in [3.63, 3.8) is 0 Å². The number of nitrogens with one attached hydrogen (secondary N) is 1. The Morgan fingerprint density at radius 3 is 2.60 bits per heavy atom. The summed E-state index contributed by atoms with van der Waals surface area (Å²) in [5.41, 5.74) is 0.679. The Balaban J connectivity index is 1.61. The fourth-order valence-electron chi connectivity index (χ4n) is 3.01. The second-order valence-corrected chi connectivity index (χ2v) is 6.34. The summed E-state index contributed by atoms with van der Waals surface area (Å²) in [5.74, 6) is 1.20. The van der Waals surface area contributed by atoms with Crippen molar-refractivity contribution in [2.75, 3.05) is 13.1 Å². The molecule has 1 aliphatic heterocycles. The Morgan fingerprint density at radius 1 is 1.28 bits per heavy atom. The summed E-state index contributed by atoms with van der Waals surface area (Å²) >= 11 is 0. The molecule has 3 heterocycles. The zero-order valence-corrected chi connectivity index (χ0v) is 14.4. The number of aryl methyl sites for hydroxylation is 3. The Hall–Kier alpha value is -2.61. The molecule has 8 heteroatoms. The third-order valence-corrected chi connectivity index (χ3v) is 4.32. The molecule has 0 saturated carbocycles. The number of aliphatic hydroxyl groups is 1. The molecule has 0 bridgehead atoms. The minimum atomic E-state index is -0.858. The predicted molar refractivity (Wildman–Crippen MR) is 87.2 cm³/mol. The van der Waals surface area contributed by atoms with E-state index in [1.165, 1.54) is 6.07 Å². The molecule has 3 rings (SSSR count). The Kier molecular flexibility index (Phi) is 4.63. The normalized spacial score (nSPS) is 20.6. The fourth-order valence-corrected chi connectivity index (χ4v) is 3.01. The van der Waals surface area contributed by atoms with Gasteiger partial charge in [0.1, 0.15) is 17.3 Å². The van der Waals surface area contributed by atoms with E-state index in [2.05, 4.69) is 10.5 Å². The fraction of sp³-hybridized carbons (Fsp3) is 0.471. The van der Waals surface area contributed by atoms with Gasteiger partial charge in [0, 0.05) is 19.2 Å². The molecule has 0 radical (unpaired) electrons. The molecule has 8 nitrogen and oxygen atoms in total. The zero-order chi connectivity index (χ0) is 18.1. The molecular formula is C17H21N3O5. The number of aliphatic hydroxyl groups excluding tert-OH is 1. The first-order valence-corrected chi connectivity index (χ1v) is 8.13. The number of carbonyl (C=O) groups excluding carboxylic acids is 2. The van der Waals surface area contributed by atoms with Crippen LogP contribution in [-0.4, -0.2) is 52.2 Å². The van der Waals surface area contributed by atoms with Crippen molar-refractivity contribution in [2.24, 2.45) is 0 Å². The Morgan fingerprint density at radius 2 is 2.04 bits per heavy atom. The first kappa shape index (κ1) is 17.2. The van der Waals surface area contributed by atoms with Crippen molar-refractivity contribution >= 4 is 11.8 Å². The van der Waals surface area contributed by atoms with Gasteiger partial charge in [-0.15, -0.1) is 0 Å². The van der Waals surface area contributed by atoms with E-state index in [1.807, 2.05) is 0 Å². The van der Waals surface area contributed by atoms with Crippen LogP contribution in [0.1, 0.15) is 44.5 Å². The van der Waals surface area contributed by atoms with Crippen LogP contribution in [0.3, 0.4) is 0 Å². The highest BCUT2D eigenvalue weighted by Crippen LogP contribution is 2.19. The van der Waals surface area contributed by atoms with Crippen LogP contribution in [0.4, 0.5) is 0 Å². The SMILES string of the molecule is Cc1cc(C(=O)N[C@@H]2CCN(C(=O)c3cc(C)oc3C)C[C@H]2O)no1. The highest BCUT2D eigenvalue weighted by molar-refractivity contribution is 5.95. The van der Waals surface area contributed by atoms with Gasteiger partial charge in [0.2, 0.25) is 0 Å². The summed E-state index contributed by atoms with van der Waals surface area (Å²) in [4.78, 5) is 26.3. The molecule has 25 heavy (non-hydrogen) atoms. The number of hydrogen-bond acceptors (Lipinski definition) is 6. The number of piperidine rings is 1. The van der Waals surface area contributed by atoms with Gasteiger partial charge in [0.05, 0.1) is 17.7 Å². The van der Waals surface area contributed by atoms with Crippen LogP contribution < -0.4 is 5.32 Å². The van der Waals surface area contributed by atoms with Crippen LogP contribution in [0, 0.1) is 20.8 Å². The largest absolute Gasteiger partial charge is 0.466 e. The Bertz CT molecular complexity index is 794. The molecule has 1 saturated heterocycles. The molecule has 0 spiro atoms. The average Bonchev–Trinajstić information content (AvgIpc) is 3.14. The predicted octanol–water partition coefficient (Wildman–Crippen LogP) is 1.20. The number of likely N-dealkylation sites (tertiary alicyclic amines) is 1. The summed E-state index contributed by atoms with van der Waals surface area (Å²) < 4.78 is 10.3. The summed E-state index contributed by atoms with van der Waals surface area (Å²) in [5, 5.41) is 16.7. The summed E-state index contributed by atoms with van der Waals surface area (Å²) in [6.45, 7) is 5.80. The highest BCUT2D eigenvalue weighted by atomic mass is 16.5. The van der Waals surface area contributed by atoms with Gasteiger partial charge in [0.25, 0.3) is 11.8 Å². The van der Waals surface area contributed by atoms with E-state index in [0.29, 0.717) is 35.8 Å². The van der Waals surface area contributed by atoms with Gasteiger partial charge in [-0.1, -0.05) is 5.16 Å². The standard InChI is InChI=1S/C17H21N3O5/c1-9-6-12(11(3)24-9)17(23)20-5-4-13(15(21)8-20)18-16(22)14-7-10(2)25-19-14/h6-7,13,15,21H,4-5,8H2,1-3H3,(H,18,22)/t13-,15-/m1/s1. The molecule has 2 amide bonds. The van der Waals surface area contributed by atoms with Crippen LogP contribution in [0.25, 0.3) is 0 Å². The van der Waals surface area contributed by atoms with E-state index in [-0.39, 0.29) is 18.1 Å². The van der Waals surface area contributed by atoms with Gasteiger partial charge in [0.15, 0.2) is 5.69 Å². The lowest BCUT2D eigenvalue weighted by Gasteiger charge is -2.36. The van der Waals surface area contributed by atoms with E-state index in [9.17, 15) is 14.7 Å². The van der Waals surface area contributed by atoms with Gasteiger partial charge in [-0.2, -0.15) is 0 Å². The van der Waals surface area contributed by atoms with Gasteiger partial charge >= 0.3 is 0 Å². The maximum Gasteiger partial charge on any atom is 0.273 e. The van der Waals surface area contributed by atoms with Crippen molar-refractivity contribution < 1.29 is 23.6 Å². The first-order valence-electron chi connectivity index (χ1n) is 8.13. The number of furan rings is 1. The van der Waals surface area contributed by atoms with Crippen LogP contribution in [0.15, 0.2) is 21.1 Å². The van der Waals surface area contributed by atoms with Crippen LogP contribution in [-0.2, 0) is 0 Å². The third kappa shape index (κ3) is 3.58. The average molecular weight is 347 g/mol. The van der Waals surface area contributed by atoms with Gasteiger partial charge in [-0.05, 0) is 33.3 Å². The first-order chi connectivity index (χ1) is 11.8. The lowest BCUT2D eigenvalue weighted by molar-refractivity contribution is 0.0312. The lowest BCUT2D eigenvalue weighted by atomic mass is 10.0. The van der Waals surface area contributed by atoms with E-state index in [0.717, 1.165) is 0 Å². The van der Waals surface area contributed by atoms with E-state index < -0.39 is 18.1 Å². The number of rotatable bonds is 3. The van der Waals surface area contributed by atoms with Crippen molar-refractivity contribution in [2.45, 2.75) is 39.3 Å².